The zero-order valence-corrected chi connectivity index (χ0v) is 77.4. The van der Waals surface area contributed by atoms with E-state index in [0.29, 0.717) is 248 Å². The number of fused-ring (bicyclic) bond motifs is 4. The zero-order valence-electron chi connectivity index (χ0n) is 70.6. The van der Waals surface area contributed by atoms with Gasteiger partial charge in [0.1, 0.15) is 52.9 Å². The van der Waals surface area contributed by atoms with Crippen LogP contribution in [-0.2, 0) is 115 Å². The maximum absolute atomic E-state index is 12.1. The molecule has 675 valence electrons. The Hall–Kier alpha value is -6.09. The minimum Gasteiger partial charge on any atom is -0.487 e. The van der Waals surface area contributed by atoms with E-state index in [2.05, 4.69) is 5.32 Å². The van der Waals surface area contributed by atoms with Gasteiger partial charge in [-0.15, -0.1) is 23.2 Å². The van der Waals surface area contributed by atoms with E-state index < -0.39 is 5.24 Å². The molecule has 0 aliphatic carbocycles. The Kier molecular flexibility index (Phi) is 74.7. The molecule has 0 radical (unpaired) electrons. The fourth-order valence-electron chi connectivity index (χ4n) is 10.8. The molecule has 0 bridgehead atoms. The molecule has 26 nitrogen and oxygen atoms in total. The number of aliphatic hydroxyl groups is 2. The van der Waals surface area contributed by atoms with Gasteiger partial charge in [-0.3, -0.25) is 4.79 Å². The molecule has 0 atom stereocenters. The van der Waals surface area contributed by atoms with Gasteiger partial charge in [0.2, 0.25) is 0 Å². The standard InChI is InChI=1S/C24H31NO4.2C24H32O8.C9H9ClO.C7H16O2.CH2Cl2.Ag.H2O.O.2Ti/c1-17-11-18(2)14-21(13-17)23(26)28-9-5-7-25-8-6-10-29-24(27)22-15-19(3)12-20(4)16-22;2*1-2-6-22-21(5-1)29-17-13-25-9-10-27-15-19-31-23-7-3-4-8-24(23)32-20-16-28-12-11-26-14-18-30-22;1-6-3-7(2)5-8(4-6)9(10)11;8-6-4-2-1-3-5-7-9;2-1-3;;;;;/h11-16,25H,5-10H2,1-4H3;2*1-8H,9-20H2;3-5H,1-2H3;8-9H,1-7H2;1H2;;1H2;;;/p-1. The molecule has 0 unspecified atom stereocenters. The van der Waals surface area contributed by atoms with E-state index in [1.54, 1.807) is 33.2 Å². The number of rotatable bonds is 17. The van der Waals surface area contributed by atoms with Crippen LogP contribution in [0, 0.1) is 41.5 Å². The van der Waals surface area contributed by atoms with Gasteiger partial charge in [-0.25, -0.2) is 9.59 Å². The van der Waals surface area contributed by atoms with E-state index in [1.807, 2.05) is 181 Å². The van der Waals surface area contributed by atoms with E-state index in [-0.39, 0.29) is 66.2 Å². The van der Waals surface area contributed by atoms with Crippen LogP contribution >= 0.6 is 34.8 Å². The quantitative estimate of drug-likeness (QED) is 0.0251. The fraction of sp³-hybridized carbons (Fsp3) is 0.494. The normalized spacial score (nSPS) is 14.0. The van der Waals surface area contributed by atoms with Gasteiger partial charge in [0.05, 0.1) is 135 Å². The first-order valence-electron chi connectivity index (χ1n) is 39.6. The molecule has 0 aromatic heterocycles. The SMILES string of the molecule is Cc1cc(C)cc(C(=O)Cl)c1.Cc1cc(C)cc(C(=O)OCCCNCCCOC(=O)c2cc(C)cc(C)c2)c1.ClCCl.OCCCCCCCO.[OH-].[O]=[Ag].[Ti].[Ti].c1ccc2c(c1)OCCOCCOCCOc1ccccc1OCCOCCOCCO2.c1ccc2c(c1)OCCOCCOCCOc1ccccc1OCCOCCOCCO2. The third-order valence-electron chi connectivity index (χ3n) is 15.9. The van der Waals surface area contributed by atoms with Crippen LogP contribution in [0.15, 0.2) is 152 Å². The number of unbranched alkanes of at least 4 members (excludes halogenated alkanes) is 4. The summed E-state index contributed by atoms with van der Waals surface area (Å²) in [4.78, 5) is 34.8. The monoisotopic (exact) mass is 1910 g/mol. The predicted molar refractivity (Wildman–Crippen MR) is 453 cm³/mol. The van der Waals surface area contributed by atoms with Crippen LogP contribution in [0.2, 0.25) is 0 Å². The number of nitrogens with one attached hydrogen (secondary N) is 1. The van der Waals surface area contributed by atoms with Crippen molar-refractivity contribution in [1.29, 1.82) is 0 Å². The molecule has 121 heavy (non-hydrogen) atoms. The molecule has 0 spiro atoms. The number of hydrogen-bond acceptors (Lipinski definition) is 26. The van der Waals surface area contributed by atoms with Crippen LogP contribution < -0.4 is 43.2 Å². The Balaban J connectivity index is 0.00000154. The molecule has 2 heterocycles. The first-order valence-corrected chi connectivity index (χ1v) is 41.7. The second-order valence-electron chi connectivity index (χ2n) is 25.9. The van der Waals surface area contributed by atoms with Crippen molar-refractivity contribution in [2.75, 3.05) is 203 Å². The van der Waals surface area contributed by atoms with Crippen LogP contribution in [0.3, 0.4) is 0 Å². The molecule has 7 aromatic rings. The molecule has 2 aliphatic heterocycles. The number of hydrogen-bond donors (Lipinski definition) is 3. The van der Waals surface area contributed by atoms with E-state index >= 15 is 0 Å². The summed E-state index contributed by atoms with van der Waals surface area (Å²) in [5.41, 5.74) is 8.11. The van der Waals surface area contributed by atoms with Crippen molar-refractivity contribution < 1.29 is 183 Å². The van der Waals surface area contributed by atoms with Crippen molar-refractivity contribution in [3.8, 4) is 46.0 Å². The second kappa shape index (κ2) is 78.6. The Bertz CT molecular complexity index is 3240. The number of carbonyl (C=O) groups is 3. The fourth-order valence-corrected chi connectivity index (χ4v) is 10.9. The molecule has 32 heteroatoms. The summed E-state index contributed by atoms with van der Waals surface area (Å²) < 4.78 is 109. The Morgan fingerprint density at radius 3 is 0.694 bits per heavy atom. The number of aryl methyl sites for hydroxylation is 6. The van der Waals surface area contributed by atoms with Crippen LogP contribution in [0.25, 0.3) is 0 Å². The van der Waals surface area contributed by atoms with E-state index in [9.17, 15) is 14.4 Å². The van der Waals surface area contributed by atoms with Gasteiger partial charge in [-0.05, 0) is 177 Å². The van der Waals surface area contributed by atoms with Gasteiger partial charge in [0, 0.05) is 62.2 Å². The van der Waals surface area contributed by atoms with Crippen molar-refractivity contribution >= 4 is 52.0 Å². The number of alkyl halides is 2. The predicted octanol–water partition coefficient (Wildman–Crippen LogP) is 15.0. The molecule has 0 fully saturated rings. The molecular weight excluding hydrogens is 1790 g/mol. The van der Waals surface area contributed by atoms with Crippen LogP contribution in [0.4, 0.5) is 0 Å². The van der Waals surface area contributed by atoms with Gasteiger partial charge in [-0.2, -0.15) is 0 Å². The molecule has 4 N–H and O–H groups in total. The first-order chi connectivity index (χ1) is 57.6. The number of halogens is 3. The van der Waals surface area contributed by atoms with Crippen molar-refractivity contribution in [3.63, 3.8) is 0 Å². The van der Waals surface area contributed by atoms with Crippen LogP contribution in [-0.4, -0.2) is 236 Å². The first kappa shape index (κ1) is 115. The largest absolute Gasteiger partial charge is 0.487 e. The summed E-state index contributed by atoms with van der Waals surface area (Å²) in [6.07, 6.45) is 6.61. The third-order valence-corrected chi connectivity index (χ3v) is 16.1. The number of ether oxygens (including phenoxy) is 18. The molecule has 7 aromatic carbocycles. The second-order valence-corrected chi connectivity index (χ2v) is 27.1. The van der Waals surface area contributed by atoms with E-state index in [4.69, 9.17) is 134 Å². The molecule has 0 saturated carbocycles. The summed E-state index contributed by atoms with van der Waals surface area (Å²) in [5, 5.41) is 19.8. The average molecular weight is 1920 g/mol. The van der Waals surface area contributed by atoms with Crippen molar-refractivity contribution in [2.45, 2.75) is 86.5 Å². The third kappa shape index (κ3) is 58.7. The Morgan fingerprint density at radius 1 is 0.322 bits per heavy atom. The molecule has 0 amide bonds. The number of para-hydroxylation sites is 8. The molecule has 9 rings (SSSR count). The summed E-state index contributed by atoms with van der Waals surface area (Å²) in [6, 6.07) is 47.2. The Labute approximate surface area is 772 Å². The molecule has 2 aliphatic rings. The van der Waals surface area contributed by atoms with Crippen LogP contribution in [0.1, 0.15) is 109 Å². The number of benzene rings is 7. The van der Waals surface area contributed by atoms with E-state index in [0.717, 1.165) is 91.4 Å². The van der Waals surface area contributed by atoms with Gasteiger partial charge in [0.25, 0.3) is 5.24 Å². The van der Waals surface area contributed by atoms with Gasteiger partial charge >= 0.3 is 36.2 Å². The van der Waals surface area contributed by atoms with Gasteiger partial charge in [0.15, 0.2) is 46.0 Å². The smallest absolute Gasteiger partial charge is 0.161 e. The minimum absolute atomic E-state index is 0. The van der Waals surface area contributed by atoms with Gasteiger partial charge < -0.3 is 106 Å². The van der Waals surface area contributed by atoms with Gasteiger partial charge in [-0.1, -0.05) is 119 Å². The van der Waals surface area contributed by atoms with E-state index in [1.165, 1.54) is 0 Å². The van der Waals surface area contributed by atoms with Crippen molar-refractivity contribution in [3.05, 3.63) is 202 Å². The number of esters is 2. The number of aliphatic hydroxyl groups excluding tert-OH is 2. The average Bonchev–Trinajstić information content (AvgIpc) is 0.842. The molecular formula is C89H123AgCl3NO25Ti2-. The zero-order chi connectivity index (χ0) is 85.5. The Morgan fingerprint density at radius 2 is 0.504 bits per heavy atom. The maximum atomic E-state index is 12.1. The summed E-state index contributed by atoms with van der Waals surface area (Å²) >= 11 is 16.5. The summed E-state index contributed by atoms with van der Waals surface area (Å²) in [5.74, 6) is 4.90. The summed E-state index contributed by atoms with van der Waals surface area (Å²) in [7, 11) is 0. The molecule has 0 saturated heterocycles. The number of carbonyl (C=O) groups excluding carboxylic acids is 3. The van der Waals surface area contributed by atoms with Crippen molar-refractivity contribution in [1.82, 2.24) is 5.32 Å². The topological polar surface area (TPSA) is 317 Å². The maximum Gasteiger partial charge on any atom is 0.161 e. The van der Waals surface area contributed by atoms with Crippen LogP contribution in [0.5, 0.6) is 46.0 Å². The minimum atomic E-state index is -0.392. The summed E-state index contributed by atoms with van der Waals surface area (Å²) in [6.45, 7) is 25.5. The van der Waals surface area contributed by atoms with Crippen molar-refractivity contribution in [2.24, 2.45) is 0 Å².